The van der Waals surface area contributed by atoms with E-state index in [1.165, 1.54) is 5.56 Å². The molecule has 0 radical (unpaired) electrons. The van der Waals surface area contributed by atoms with Gasteiger partial charge in [0.1, 0.15) is 0 Å². The molecule has 0 N–H and O–H groups in total. The van der Waals surface area contributed by atoms with Crippen molar-refractivity contribution in [2.24, 2.45) is 0 Å². The molecular weight excluding hydrogens is 316 g/mol. The number of allylic oxidation sites excluding steroid dienone is 1. The maximum atomic E-state index is 4.84. The van der Waals surface area contributed by atoms with Crippen LogP contribution in [0.25, 0.3) is 23.0 Å². The third kappa shape index (κ3) is 3.65. The van der Waals surface area contributed by atoms with Gasteiger partial charge in [0.25, 0.3) is 0 Å². The third-order valence-electron chi connectivity index (χ3n) is 4.30. The van der Waals surface area contributed by atoms with Crippen LogP contribution in [0, 0.1) is 0 Å². The molecule has 4 aromatic rings. The monoisotopic (exact) mass is 336 g/mol. The third-order valence-corrected chi connectivity index (χ3v) is 4.30. The van der Waals surface area contributed by atoms with Gasteiger partial charge in [0.2, 0.25) is 0 Å². The molecule has 26 heavy (non-hydrogen) atoms. The van der Waals surface area contributed by atoms with Crippen LogP contribution in [0.15, 0.2) is 103 Å². The molecule has 1 heterocycles. The minimum atomic E-state index is 0.908. The molecule has 0 atom stereocenters. The maximum absolute atomic E-state index is 4.84. The molecular formula is C24H20N2. The van der Waals surface area contributed by atoms with Crippen molar-refractivity contribution >= 4 is 6.08 Å². The Bertz CT molecular complexity index is 984. The van der Waals surface area contributed by atoms with Crippen molar-refractivity contribution in [2.45, 2.75) is 6.42 Å². The average Bonchev–Trinajstić information content (AvgIpc) is 3.14. The van der Waals surface area contributed by atoms with Crippen LogP contribution in [-0.4, -0.2) is 9.78 Å². The first-order valence-electron chi connectivity index (χ1n) is 8.81. The summed E-state index contributed by atoms with van der Waals surface area (Å²) in [4.78, 5) is 0. The SMILES string of the molecule is C(=C\c1cn(-c2ccccc2)nc1-c1ccccc1)/Cc1ccccc1. The van der Waals surface area contributed by atoms with Crippen LogP contribution in [0.1, 0.15) is 11.1 Å². The van der Waals surface area contributed by atoms with Gasteiger partial charge in [0, 0.05) is 17.3 Å². The Hall–Kier alpha value is -3.39. The van der Waals surface area contributed by atoms with Gasteiger partial charge in [-0.3, -0.25) is 0 Å². The highest BCUT2D eigenvalue weighted by atomic mass is 15.3. The molecule has 0 amide bonds. The Kier molecular flexibility index (Phi) is 4.74. The second-order valence-electron chi connectivity index (χ2n) is 6.17. The van der Waals surface area contributed by atoms with Crippen molar-refractivity contribution in [3.8, 4) is 16.9 Å². The van der Waals surface area contributed by atoms with E-state index in [9.17, 15) is 0 Å². The molecule has 3 aromatic carbocycles. The number of para-hydroxylation sites is 1. The summed E-state index contributed by atoms with van der Waals surface area (Å²) in [7, 11) is 0. The summed E-state index contributed by atoms with van der Waals surface area (Å²) in [5.74, 6) is 0. The van der Waals surface area contributed by atoms with Crippen molar-refractivity contribution in [2.75, 3.05) is 0 Å². The Labute approximate surface area is 154 Å². The molecule has 0 saturated heterocycles. The van der Waals surface area contributed by atoms with E-state index in [1.54, 1.807) is 0 Å². The van der Waals surface area contributed by atoms with E-state index < -0.39 is 0 Å². The smallest absolute Gasteiger partial charge is 0.0999 e. The molecule has 1 aromatic heterocycles. The van der Waals surface area contributed by atoms with Gasteiger partial charge in [-0.15, -0.1) is 0 Å². The molecule has 126 valence electrons. The number of aromatic nitrogens is 2. The zero-order valence-corrected chi connectivity index (χ0v) is 14.5. The second-order valence-corrected chi connectivity index (χ2v) is 6.17. The van der Waals surface area contributed by atoms with Gasteiger partial charge in [-0.1, -0.05) is 91.0 Å². The number of nitrogens with zero attached hydrogens (tertiary/aromatic N) is 2. The zero-order chi connectivity index (χ0) is 17.6. The predicted octanol–water partition coefficient (Wildman–Crippen LogP) is 5.80. The van der Waals surface area contributed by atoms with Crippen molar-refractivity contribution < 1.29 is 0 Å². The summed E-state index contributed by atoms with van der Waals surface area (Å²) in [5.41, 5.74) is 5.61. The largest absolute Gasteiger partial charge is 0.240 e. The normalized spacial score (nSPS) is 11.1. The molecule has 0 aliphatic carbocycles. The lowest BCUT2D eigenvalue weighted by Crippen LogP contribution is -1.93. The standard InChI is InChI=1S/C24H20N2/c1-4-11-20(12-5-1)13-10-16-22-19-26(23-17-8-3-9-18-23)25-24(22)21-14-6-2-7-15-21/h1-12,14-19H,13H2/b16-10+. The van der Waals surface area contributed by atoms with E-state index in [-0.39, 0.29) is 0 Å². The van der Waals surface area contributed by atoms with E-state index in [4.69, 9.17) is 5.10 Å². The van der Waals surface area contributed by atoms with Crippen LogP contribution in [-0.2, 0) is 6.42 Å². The minimum Gasteiger partial charge on any atom is -0.240 e. The summed E-state index contributed by atoms with van der Waals surface area (Å²) < 4.78 is 1.95. The van der Waals surface area contributed by atoms with Gasteiger partial charge in [-0.2, -0.15) is 5.10 Å². The molecule has 0 bridgehead atoms. The average molecular weight is 336 g/mol. The first-order valence-corrected chi connectivity index (χ1v) is 8.81. The topological polar surface area (TPSA) is 17.8 Å². The molecule has 0 aliphatic heterocycles. The molecule has 0 saturated carbocycles. The zero-order valence-electron chi connectivity index (χ0n) is 14.5. The van der Waals surface area contributed by atoms with Crippen molar-refractivity contribution in [3.05, 3.63) is 114 Å². The van der Waals surface area contributed by atoms with Crippen LogP contribution in [0.4, 0.5) is 0 Å². The second kappa shape index (κ2) is 7.66. The molecule has 0 unspecified atom stereocenters. The maximum Gasteiger partial charge on any atom is 0.0999 e. The molecule has 0 aliphatic rings. The summed E-state index contributed by atoms with van der Waals surface area (Å²) in [6, 6.07) is 31.1. The van der Waals surface area contributed by atoms with Gasteiger partial charge in [0.15, 0.2) is 0 Å². The number of hydrogen-bond acceptors (Lipinski definition) is 1. The number of benzene rings is 3. The first kappa shape index (κ1) is 16.1. The fraction of sp³-hybridized carbons (Fsp3) is 0.0417. The summed E-state index contributed by atoms with van der Waals surface area (Å²) in [6.45, 7) is 0. The summed E-state index contributed by atoms with van der Waals surface area (Å²) >= 11 is 0. The van der Waals surface area contributed by atoms with Crippen molar-refractivity contribution in [3.63, 3.8) is 0 Å². The molecule has 2 nitrogen and oxygen atoms in total. The van der Waals surface area contributed by atoms with Crippen LogP contribution >= 0.6 is 0 Å². The first-order chi connectivity index (χ1) is 12.9. The van der Waals surface area contributed by atoms with Gasteiger partial charge in [-0.05, 0) is 24.1 Å². The number of hydrogen-bond donors (Lipinski definition) is 0. The fourth-order valence-corrected chi connectivity index (χ4v) is 2.98. The van der Waals surface area contributed by atoms with Crippen LogP contribution in [0.5, 0.6) is 0 Å². The summed E-state index contributed by atoms with van der Waals surface area (Å²) in [6.07, 6.45) is 7.38. The Balaban J connectivity index is 1.69. The Morgan fingerprint density at radius 1 is 0.731 bits per heavy atom. The Morgan fingerprint density at radius 2 is 1.35 bits per heavy atom. The fourth-order valence-electron chi connectivity index (χ4n) is 2.98. The quantitative estimate of drug-likeness (QED) is 0.451. The Morgan fingerprint density at radius 3 is 2.04 bits per heavy atom. The van der Waals surface area contributed by atoms with Gasteiger partial charge >= 0.3 is 0 Å². The molecule has 4 rings (SSSR count). The highest BCUT2D eigenvalue weighted by Gasteiger charge is 2.09. The van der Waals surface area contributed by atoms with E-state index >= 15 is 0 Å². The minimum absolute atomic E-state index is 0.908. The van der Waals surface area contributed by atoms with E-state index in [2.05, 4.69) is 66.9 Å². The van der Waals surface area contributed by atoms with Crippen LogP contribution in [0.3, 0.4) is 0 Å². The van der Waals surface area contributed by atoms with E-state index in [0.29, 0.717) is 0 Å². The van der Waals surface area contributed by atoms with Gasteiger partial charge in [-0.25, -0.2) is 4.68 Å². The van der Waals surface area contributed by atoms with Crippen molar-refractivity contribution in [1.29, 1.82) is 0 Å². The number of rotatable bonds is 5. The lowest BCUT2D eigenvalue weighted by molar-refractivity contribution is 0.884. The van der Waals surface area contributed by atoms with E-state index in [1.807, 2.05) is 47.1 Å². The molecule has 0 fully saturated rings. The molecule has 0 spiro atoms. The van der Waals surface area contributed by atoms with Gasteiger partial charge < -0.3 is 0 Å². The highest BCUT2D eigenvalue weighted by molar-refractivity contribution is 5.72. The summed E-state index contributed by atoms with van der Waals surface area (Å²) in [5, 5.41) is 4.84. The van der Waals surface area contributed by atoms with Crippen LogP contribution in [0.2, 0.25) is 0 Å². The van der Waals surface area contributed by atoms with Crippen LogP contribution < -0.4 is 0 Å². The van der Waals surface area contributed by atoms with Gasteiger partial charge in [0.05, 0.1) is 11.4 Å². The highest BCUT2D eigenvalue weighted by Crippen LogP contribution is 2.24. The van der Waals surface area contributed by atoms with Crippen molar-refractivity contribution in [1.82, 2.24) is 9.78 Å². The lowest BCUT2D eigenvalue weighted by Gasteiger charge is -2.00. The van der Waals surface area contributed by atoms with E-state index in [0.717, 1.165) is 28.9 Å². The predicted molar refractivity (Wildman–Crippen MR) is 108 cm³/mol. The molecule has 2 heteroatoms. The lowest BCUT2D eigenvalue weighted by atomic mass is 10.1.